The number of hydrogen-bond acceptors (Lipinski definition) is 4. The molecular formula is C16H18N4O. The van der Waals surface area contributed by atoms with Gasteiger partial charge in [0.1, 0.15) is 11.6 Å². The van der Waals surface area contributed by atoms with Gasteiger partial charge in [-0.3, -0.25) is 4.40 Å². The Morgan fingerprint density at radius 1 is 1.29 bits per heavy atom. The molecule has 0 unspecified atom stereocenters. The maximum Gasteiger partial charge on any atom is 0.265 e. The summed E-state index contributed by atoms with van der Waals surface area (Å²) in [6, 6.07) is 5.99. The third kappa shape index (κ3) is 2.54. The first kappa shape index (κ1) is 13.4. The van der Waals surface area contributed by atoms with Gasteiger partial charge in [-0.25, -0.2) is 4.98 Å². The molecule has 0 spiro atoms. The molecule has 0 aliphatic heterocycles. The van der Waals surface area contributed by atoms with Gasteiger partial charge in [0.2, 0.25) is 5.65 Å². The smallest absolute Gasteiger partial charge is 0.265 e. The Bertz CT molecular complexity index is 779. The van der Waals surface area contributed by atoms with Gasteiger partial charge in [0.05, 0.1) is 6.20 Å². The minimum atomic E-state index is 0.507. The summed E-state index contributed by atoms with van der Waals surface area (Å²) >= 11 is 0. The zero-order valence-electron chi connectivity index (χ0n) is 12.4. The topological polar surface area (TPSA) is 51.5 Å². The molecule has 0 fully saturated rings. The third-order valence-corrected chi connectivity index (χ3v) is 3.46. The van der Waals surface area contributed by atoms with Gasteiger partial charge in [-0.05, 0) is 38.0 Å². The molecule has 0 aliphatic carbocycles. The normalized spacial score (nSPS) is 10.8. The van der Waals surface area contributed by atoms with E-state index in [0.717, 1.165) is 23.7 Å². The predicted octanol–water partition coefficient (Wildman–Crippen LogP) is 3.57. The molecule has 5 heteroatoms. The van der Waals surface area contributed by atoms with Crippen LogP contribution in [-0.2, 0) is 0 Å². The van der Waals surface area contributed by atoms with Gasteiger partial charge in [-0.15, -0.1) is 0 Å². The number of fused-ring (bicyclic) bond motifs is 1. The second-order valence-electron chi connectivity index (χ2n) is 4.92. The molecule has 1 N–H and O–H groups in total. The summed E-state index contributed by atoms with van der Waals surface area (Å²) in [5.74, 6) is 2.08. The monoisotopic (exact) mass is 282 g/mol. The summed E-state index contributed by atoms with van der Waals surface area (Å²) in [7, 11) is 0. The second-order valence-corrected chi connectivity index (χ2v) is 4.92. The zero-order valence-corrected chi connectivity index (χ0v) is 12.4. The van der Waals surface area contributed by atoms with Gasteiger partial charge >= 0.3 is 0 Å². The Morgan fingerprint density at radius 3 is 2.95 bits per heavy atom. The average molecular weight is 282 g/mol. The van der Waals surface area contributed by atoms with Crippen LogP contribution in [0.25, 0.3) is 5.65 Å². The number of benzene rings is 1. The Balaban J connectivity index is 2.06. The second kappa shape index (κ2) is 5.44. The van der Waals surface area contributed by atoms with E-state index in [0.29, 0.717) is 11.5 Å². The van der Waals surface area contributed by atoms with Crippen molar-refractivity contribution in [3.63, 3.8) is 0 Å². The van der Waals surface area contributed by atoms with Gasteiger partial charge < -0.3 is 10.1 Å². The number of anilines is 1. The van der Waals surface area contributed by atoms with E-state index in [1.54, 1.807) is 6.20 Å². The molecule has 0 atom stereocenters. The van der Waals surface area contributed by atoms with Crippen molar-refractivity contribution in [1.29, 1.82) is 0 Å². The maximum absolute atomic E-state index is 6.01. The molecule has 2 aromatic heterocycles. The lowest BCUT2D eigenvalue weighted by Crippen LogP contribution is -2.03. The van der Waals surface area contributed by atoms with Crippen LogP contribution in [0.2, 0.25) is 0 Å². The lowest BCUT2D eigenvalue weighted by atomic mass is 10.1. The number of aromatic nitrogens is 3. The molecule has 1 aromatic carbocycles. The first-order valence-corrected chi connectivity index (χ1v) is 7.00. The minimum Gasteiger partial charge on any atom is -0.436 e. The van der Waals surface area contributed by atoms with E-state index < -0.39 is 0 Å². The maximum atomic E-state index is 6.01. The van der Waals surface area contributed by atoms with E-state index >= 15 is 0 Å². The summed E-state index contributed by atoms with van der Waals surface area (Å²) in [6.45, 7) is 6.94. The van der Waals surface area contributed by atoms with Crippen molar-refractivity contribution in [2.75, 3.05) is 11.9 Å². The number of aryl methyl sites for hydroxylation is 1. The van der Waals surface area contributed by atoms with Crippen molar-refractivity contribution in [3.05, 3.63) is 47.9 Å². The van der Waals surface area contributed by atoms with Gasteiger partial charge in [-0.2, -0.15) is 4.98 Å². The van der Waals surface area contributed by atoms with Crippen LogP contribution >= 0.6 is 0 Å². The van der Waals surface area contributed by atoms with Crippen LogP contribution in [0.15, 0.2) is 36.8 Å². The van der Waals surface area contributed by atoms with Crippen LogP contribution in [-0.4, -0.2) is 20.9 Å². The minimum absolute atomic E-state index is 0.507. The van der Waals surface area contributed by atoms with Gasteiger partial charge in [0.15, 0.2) is 0 Å². The number of ether oxygens (including phenoxy) is 1. The molecule has 0 bridgehead atoms. The molecule has 5 nitrogen and oxygen atoms in total. The summed E-state index contributed by atoms with van der Waals surface area (Å²) in [6.07, 6.45) is 5.53. The van der Waals surface area contributed by atoms with Crippen LogP contribution in [0.3, 0.4) is 0 Å². The Kier molecular flexibility index (Phi) is 3.48. The van der Waals surface area contributed by atoms with Crippen molar-refractivity contribution >= 4 is 11.5 Å². The SMILES string of the molecule is CCNc1cn2ccnc2c(Oc2cccc(C)c2C)n1. The summed E-state index contributed by atoms with van der Waals surface area (Å²) in [5.41, 5.74) is 3.00. The van der Waals surface area contributed by atoms with E-state index in [-0.39, 0.29) is 0 Å². The highest BCUT2D eigenvalue weighted by Crippen LogP contribution is 2.28. The van der Waals surface area contributed by atoms with E-state index in [9.17, 15) is 0 Å². The highest BCUT2D eigenvalue weighted by molar-refractivity contribution is 5.55. The van der Waals surface area contributed by atoms with Crippen LogP contribution in [0, 0.1) is 13.8 Å². The fourth-order valence-corrected chi connectivity index (χ4v) is 2.18. The van der Waals surface area contributed by atoms with E-state index in [1.807, 2.05) is 42.8 Å². The van der Waals surface area contributed by atoms with Crippen LogP contribution in [0.4, 0.5) is 5.82 Å². The van der Waals surface area contributed by atoms with Crippen molar-refractivity contribution in [3.8, 4) is 11.6 Å². The zero-order chi connectivity index (χ0) is 14.8. The fraction of sp³-hybridized carbons (Fsp3) is 0.250. The standard InChI is InChI=1S/C16H18N4O/c1-4-17-14-10-20-9-8-18-15(20)16(19-14)21-13-7-5-6-11(2)12(13)3/h5-10,17H,4H2,1-3H3. The Labute approximate surface area is 123 Å². The summed E-state index contributed by atoms with van der Waals surface area (Å²) < 4.78 is 7.92. The molecule has 0 radical (unpaired) electrons. The van der Waals surface area contributed by atoms with Crippen LogP contribution in [0.5, 0.6) is 11.6 Å². The molecule has 2 heterocycles. The highest BCUT2D eigenvalue weighted by atomic mass is 16.5. The van der Waals surface area contributed by atoms with E-state index in [4.69, 9.17) is 4.74 Å². The molecule has 0 saturated carbocycles. The highest BCUT2D eigenvalue weighted by Gasteiger charge is 2.11. The number of nitrogens with one attached hydrogen (secondary N) is 1. The number of imidazole rings is 1. The fourth-order valence-electron chi connectivity index (χ4n) is 2.18. The predicted molar refractivity (Wildman–Crippen MR) is 83.1 cm³/mol. The van der Waals surface area contributed by atoms with E-state index in [1.165, 1.54) is 5.56 Å². The lowest BCUT2D eigenvalue weighted by molar-refractivity contribution is 0.462. The summed E-state index contributed by atoms with van der Waals surface area (Å²) in [4.78, 5) is 8.83. The molecule has 0 aliphatic rings. The van der Waals surface area contributed by atoms with Crippen molar-refractivity contribution in [2.45, 2.75) is 20.8 Å². The van der Waals surface area contributed by atoms with E-state index in [2.05, 4.69) is 28.3 Å². The summed E-state index contributed by atoms with van der Waals surface area (Å²) in [5, 5.41) is 3.20. The van der Waals surface area contributed by atoms with Crippen molar-refractivity contribution in [1.82, 2.24) is 14.4 Å². The number of rotatable bonds is 4. The number of hydrogen-bond donors (Lipinski definition) is 1. The van der Waals surface area contributed by atoms with Gasteiger partial charge in [0, 0.05) is 18.9 Å². The molecule has 3 rings (SSSR count). The van der Waals surface area contributed by atoms with Crippen molar-refractivity contribution in [2.24, 2.45) is 0 Å². The first-order valence-electron chi connectivity index (χ1n) is 7.00. The molecule has 0 amide bonds. The quantitative estimate of drug-likeness (QED) is 0.794. The van der Waals surface area contributed by atoms with Gasteiger partial charge in [-0.1, -0.05) is 12.1 Å². The third-order valence-electron chi connectivity index (χ3n) is 3.46. The van der Waals surface area contributed by atoms with Crippen LogP contribution in [0.1, 0.15) is 18.1 Å². The molecular weight excluding hydrogens is 264 g/mol. The molecule has 21 heavy (non-hydrogen) atoms. The largest absolute Gasteiger partial charge is 0.436 e. The Hall–Kier alpha value is -2.56. The molecule has 3 aromatic rings. The van der Waals surface area contributed by atoms with Crippen molar-refractivity contribution < 1.29 is 4.74 Å². The lowest BCUT2D eigenvalue weighted by Gasteiger charge is -2.12. The molecule has 0 saturated heterocycles. The van der Waals surface area contributed by atoms with Crippen LogP contribution < -0.4 is 10.1 Å². The number of nitrogens with zero attached hydrogens (tertiary/aromatic N) is 3. The first-order chi connectivity index (χ1) is 10.2. The van der Waals surface area contributed by atoms with Gasteiger partial charge in [0.25, 0.3) is 5.88 Å². The Morgan fingerprint density at radius 2 is 2.14 bits per heavy atom. The molecule has 108 valence electrons. The average Bonchev–Trinajstić information content (AvgIpc) is 2.93.